The fourth-order valence-electron chi connectivity index (χ4n) is 1.88. The Morgan fingerprint density at radius 2 is 2.26 bits per heavy atom. The lowest BCUT2D eigenvalue weighted by atomic mass is 10.2. The number of nitrogens with zero attached hydrogens (tertiary/aromatic N) is 2. The van der Waals surface area contributed by atoms with Gasteiger partial charge in [-0.05, 0) is 12.1 Å². The number of morpholine rings is 1. The number of carbonyl (C=O) groups is 1. The van der Waals surface area contributed by atoms with E-state index in [1.54, 1.807) is 0 Å². The number of aromatic nitrogens is 1. The fraction of sp³-hybridized carbons (Fsp3) is 0.455. The van der Waals surface area contributed by atoms with E-state index < -0.39 is 24.7 Å². The van der Waals surface area contributed by atoms with Gasteiger partial charge in [-0.1, -0.05) is 0 Å². The molecule has 1 fully saturated rings. The summed E-state index contributed by atoms with van der Waals surface area (Å²) in [5, 5.41) is 0. The molecule has 0 bridgehead atoms. The number of hydrogen-bond acceptors (Lipinski definition) is 4. The minimum absolute atomic E-state index is 0.0844. The summed E-state index contributed by atoms with van der Waals surface area (Å²) in [4.78, 5) is 16.6. The molecule has 0 saturated carbocycles. The lowest BCUT2D eigenvalue weighted by molar-refractivity contribution is -0.221. The van der Waals surface area contributed by atoms with Gasteiger partial charge >= 0.3 is 6.18 Å². The van der Waals surface area contributed by atoms with Gasteiger partial charge in [-0.2, -0.15) is 13.2 Å². The maximum Gasteiger partial charge on any atom is 0.416 e. The van der Waals surface area contributed by atoms with E-state index in [0.717, 1.165) is 0 Å². The van der Waals surface area contributed by atoms with Crippen molar-refractivity contribution >= 4 is 11.7 Å². The summed E-state index contributed by atoms with van der Waals surface area (Å²) in [6.07, 6.45) is -4.93. The van der Waals surface area contributed by atoms with Crippen molar-refractivity contribution in [2.75, 3.05) is 24.6 Å². The van der Waals surface area contributed by atoms with Crippen molar-refractivity contribution < 1.29 is 22.7 Å². The Hall–Kier alpha value is -1.83. The van der Waals surface area contributed by atoms with Crippen LogP contribution in [0.2, 0.25) is 0 Å². The summed E-state index contributed by atoms with van der Waals surface area (Å²) < 4.78 is 42.6. The largest absolute Gasteiger partial charge is 0.416 e. The quantitative estimate of drug-likeness (QED) is 0.872. The van der Waals surface area contributed by atoms with Gasteiger partial charge in [0, 0.05) is 12.7 Å². The van der Waals surface area contributed by atoms with Gasteiger partial charge in [-0.15, -0.1) is 0 Å². The molecule has 5 nitrogen and oxygen atoms in total. The first-order valence-electron chi connectivity index (χ1n) is 5.57. The van der Waals surface area contributed by atoms with Crippen LogP contribution in [-0.4, -0.2) is 42.9 Å². The fourth-order valence-corrected chi connectivity index (χ4v) is 1.88. The second kappa shape index (κ2) is 5.04. The number of halogens is 3. The van der Waals surface area contributed by atoms with E-state index in [0.29, 0.717) is 0 Å². The van der Waals surface area contributed by atoms with Gasteiger partial charge in [0.2, 0.25) is 0 Å². The molecule has 1 aromatic rings. The number of carbonyl (C=O) groups excluding carboxylic acids is 1. The van der Waals surface area contributed by atoms with Crippen LogP contribution in [0.4, 0.5) is 19.0 Å². The Bertz CT molecular complexity index is 478. The van der Waals surface area contributed by atoms with Crippen LogP contribution in [0.1, 0.15) is 10.4 Å². The summed E-state index contributed by atoms with van der Waals surface area (Å²) in [6, 6.07) is 2.94. The zero-order valence-electron chi connectivity index (χ0n) is 9.85. The highest BCUT2D eigenvalue weighted by Crippen LogP contribution is 2.28. The number of rotatable bonds is 2. The molecule has 8 heteroatoms. The predicted octanol–water partition coefficient (Wildman–Crippen LogP) is 0.948. The summed E-state index contributed by atoms with van der Waals surface area (Å²) in [5.41, 5.74) is 5.28. The van der Waals surface area contributed by atoms with E-state index in [1.165, 1.54) is 23.2 Å². The number of amides is 1. The topological polar surface area (TPSA) is 68.5 Å². The van der Waals surface area contributed by atoms with Crippen molar-refractivity contribution in [2.45, 2.75) is 12.3 Å². The maximum absolute atomic E-state index is 12.6. The molecule has 1 amide bonds. The molecule has 1 saturated heterocycles. The minimum Gasteiger partial charge on any atom is -0.365 e. The van der Waals surface area contributed by atoms with Gasteiger partial charge in [0.05, 0.1) is 18.7 Å². The zero-order valence-corrected chi connectivity index (χ0v) is 9.85. The van der Waals surface area contributed by atoms with Crippen molar-refractivity contribution in [2.24, 2.45) is 5.73 Å². The summed E-state index contributed by atoms with van der Waals surface area (Å²) in [5.74, 6) is -0.564. The Kier molecular flexibility index (Phi) is 3.61. The molecule has 0 spiro atoms. The first-order valence-corrected chi connectivity index (χ1v) is 5.57. The average molecular weight is 275 g/mol. The third kappa shape index (κ3) is 2.95. The summed E-state index contributed by atoms with van der Waals surface area (Å²) in [7, 11) is 0. The van der Waals surface area contributed by atoms with Crippen LogP contribution in [0.3, 0.4) is 0 Å². The molecule has 104 valence electrons. The van der Waals surface area contributed by atoms with Gasteiger partial charge in [-0.3, -0.25) is 4.79 Å². The van der Waals surface area contributed by atoms with E-state index >= 15 is 0 Å². The van der Waals surface area contributed by atoms with E-state index in [4.69, 9.17) is 5.73 Å². The van der Waals surface area contributed by atoms with Gasteiger partial charge in [0.1, 0.15) is 5.82 Å². The highest BCUT2D eigenvalue weighted by atomic mass is 19.4. The second-order valence-electron chi connectivity index (χ2n) is 4.09. The van der Waals surface area contributed by atoms with Crippen LogP contribution >= 0.6 is 0 Å². The molecular weight excluding hydrogens is 263 g/mol. The first kappa shape index (κ1) is 13.6. The van der Waals surface area contributed by atoms with E-state index in [1.807, 2.05) is 0 Å². The van der Waals surface area contributed by atoms with Crippen LogP contribution in [-0.2, 0) is 4.74 Å². The SMILES string of the molecule is NC(=O)c1cccnc1N1CCOC(C(F)(F)F)C1. The first-order chi connectivity index (χ1) is 8.89. The number of anilines is 1. The van der Waals surface area contributed by atoms with Crippen LogP contribution in [0, 0.1) is 0 Å². The number of pyridine rings is 1. The lowest BCUT2D eigenvalue weighted by Crippen LogP contribution is -2.50. The summed E-state index contributed by atoms with van der Waals surface area (Å²) >= 11 is 0. The Morgan fingerprint density at radius 3 is 2.89 bits per heavy atom. The highest BCUT2D eigenvalue weighted by Gasteiger charge is 2.43. The number of primary amides is 1. The van der Waals surface area contributed by atoms with Crippen LogP contribution in [0.15, 0.2) is 18.3 Å². The second-order valence-corrected chi connectivity index (χ2v) is 4.09. The van der Waals surface area contributed by atoms with Crippen molar-refractivity contribution in [3.05, 3.63) is 23.9 Å². The molecule has 1 atom stereocenters. The summed E-state index contributed by atoms with van der Waals surface area (Å²) in [6.45, 7) is -0.260. The van der Waals surface area contributed by atoms with Crippen molar-refractivity contribution in [1.29, 1.82) is 0 Å². The van der Waals surface area contributed by atoms with Crippen molar-refractivity contribution in [1.82, 2.24) is 4.98 Å². The molecule has 1 aliphatic heterocycles. The molecule has 2 rings (SSSR count). The van der Waals surface area contributed by atoms with Crippen LogP contribution in [0.25, 0.3) is 0 Å². The number of ether oxygens (including phenoxy) is 1. The number of alkyl halides is 3. The van der Waals surface area contributed by atoms with Gasteiger partial charge < -0.3 is 15.4 Å². The molecule has 2 N–H and O–H groups in total. The predicted molar refractivity (Wildman–Crippen MR) is 60.8 cm³/mol. The molecule has 2 heterocycles. The Labute approximate surface area is 107 Å². The monoisotopic (exact) mass is 275 g/mol. The minimum atomic E-state index is -4.44. The molecular formula is C11H12F3N3O2. The molecule has 0 radical (unpaired) electrons. The highest BCUT2D eigenvalue weighted by molar-refractivity contribution is 5.97. The molecule has 19 heavy (non-hydrogen) atoms. The van der Waals surface area contributed by atoms with E-state index in [-0.39, 0.29) is 24.5 Å². The van der Waals surface area contributed by atoms with Crippen molar-refractivity contribution in [3.63, 3.8) is 0 Å². The molecule has 1 aliphatic rings. The van der Waals surface area contributed by atoms with Crippen LogP contribution in [0.5, 0.6) is 0 Å². The average Bonchev–Trinajstić information content (AvgIpc) is 2.38. The maximum atomic E-state index is 12.6. The smallest absolute Gasteiger partial charge is 0.365 e. The Balaban J connectivity index is 2.25. The van der Waals surface area contributed by atoms with Crippen LogP contribution < -0.4 is 10.6 Å². The van der Waals surface area contributed by atoms with E-state index in [2.05, 4.69) is 9.72 Å². The van der Waals surface area contributed by atoms with Gasteiger partial charge in [0.25, 0.3) is 5.91 Å². The molecule has 1 unspecified atom stereocenters. The third-order valence-electron chi connectivity index (χ3n) is 2.78. The standard InChI is InChI=1S/C11H12F3N3O2/c12-11(13,14)8-6-17(4-5-19-8)10-7(9(15)18)2-1-3-16-10/h1-3,8H,4-6H2,(H2,15,18). The number of hydrogen-bond donors (Lipinski definition) is 1. The van der Waals surface area contributed by atoms with Gasteiger partial charge in [0.15, 0.2) is 6.10 Å². The normalized spacial score (nSPS) is 20.4. The van der Waals surface area contributed by atoms with E-state index in [9.17, 15) is 18.0 Å². The molecule has 1 aromatic heterocycles. The number of nitrogens with two attached hydrogens (primary N) is 1. The Morgan fingerprint density at radius 1 is 1.53 bits per heavy atom. The van der Waals surface area contributed by atoms with Crippen molar-refractivity contribution in [3.8, 4) is 0 Å². The molecule has 0 aromatic carbocycles. The third-order valence-corrected chi connectivity index (χ3v) is 2.78. The zero-order chi connectivity index (χ0) is 14.0. The van der Waals surface area contributed by atoms with Gasteiger partial charge in [-0.25, -0.2) is 4.98 Å². The lowest BCUT2D eigenvalue weighted by Gasteiger charge is -2.35. The molecule has 0 aliphatic carbocycles.